The Hall–Kier alpha value is -3.92. The van der Waals surface area contributed by atoms with Crippen molar-refractivity contribution in [2.45, 2.75) is 70.0 Å². The number of carbonyl (C=O) groups is 2. The number of aryl methyl sites for hydroxylation is 2. The van der Waals surface area contributed by atoms with Crippen molar-refractivity contribution in [2.24, 2.45) is 0 Å². The SMILES string of the molecule is COc1ccc(C)cc1N(CC(=O)N(Cc1ccc(F)cc1)[C@H](C)C(=O)NC1CCCC1)S(=O)(=O)c1ccc(C)cc1. The molecule has 8 nitrogen and oxygen atoms in total. The van der Waals surface area contributed by atoms with Crippen LogP contribution in [0.3, 0.4) is 0 Å². The average molecular weight is 596 g/mol. The van der Waals surface area contributed by atoms with Crippen LogP contribution in [0.25, 0.3) is 0 Å². The summed E-state index contributed by atoms with van der Waals surface area (Å²) in [4.78, 5) is 28.8. The van der Waals surface area contributed by atoms with Gasteiger partial charge in [0, 0.05) is 12.6 Å². The normalized spacial score (nSPS) is 14.3. The van der Waals surface area contributed by atoms with E-state index in [1.54, 1.807) is 49.4 Å². The van der Waals surface area contributed by atoms with Crippen LogP contribution in [0.15, 0.2) is 71.6 Å². The van der Waals surface area contributed by atoms with Crippen molar-refractivity contribution in [2.75, 3.05) is 18.0 Å². The summed E-state index contributed by atoms with van der Waals surface area (Å²) in [5, 5.41) is 3.04. The number of carbonyl (C=O) groups excluding carboxylic acids is 2. The van der Waals surface area contributed by atoms with Gasteiger partial charge in [-0.3, -0.25) is 13.9 Å². The molecule has 0 spiro atoms. The molecule has 3 aromatic carbocycles. The van der Waals surface area contributed by atoms with Crippen molar-refractivity contribution in [3.8, 4) is 5.75 Å². The molecular weight excluding hydrogens is 557 g/mol. The molecule has 0 heterocycles. The first-order valence-electron chi connectivity index (χ1n) is 14.1. The van der Waals surface area contributed by atoms with Crippen LogP contribution >= 0.6 is 0 Å². The maximum atomic E-state index is 14.1. The molecule has 0 unspecified atom stereocenters. The summed E-state index contributed by atoms with van der Waals surface area (Å²) in [6.45, 7) is 4.70. The second kappa shape index (κ2) is 13.4. The maximum absolute atomic E-state index is 14.1. The minimum Gasteiger partial charge on any atom is -0.495 e. The Bertz CT molecular complexity index is 1500. The van der Waals surface area contributed by atoms with Crippen LogP contribution in [0.4, 0.5) is 10.1 Å². The quantitative estimate of drug-likeness (QED) is 0.332. The van der Waals surface area contributed by atoms with Crippen molar-refractivity contribution in [1.82, 2.24) is 10.2 Å². The van der Waals surface area contributed by atoms with Crippen LogP contribution in [0.1, 0.15) is 49.3 Å². The van der Waals surface area contributed by atoms with Crippen LogP contribution in [0.5, 0.6) is 5.75 Å². The van der Waals surface area contributed by atoms with E-state index in [1.807, 2.05) is 13.8 Å². The Labute approximate surface area is 247 Å². The number of benzene rings is 3. The fourth-order valence-corrected chi connectivity index (χ4v) is 6.52. The number of methoxy groups -OCH3 is 1. The zero-order valence-corrected chi connectivity index (χ0v) is 25.3. The summed E-state index contributed by atoms with van der Waals surface area (Å²) in [6.07, 6.45) is 3.81. The summed E-state index contributed by atoms with van der Waals surface area (Å²) >= 11 is 0. The fourth-order valence-electron chi connectivity index (χ4n) is 5.11. The van der Waals surface area contributed by atoms with Crippen molar-refractivity contribution >= 4 is 27.5 Å². The van der Waals surface area contributed by atoms with E-state index in [2.05, 4.69) is 5.32 Å². The standard InChI is InChI=1S/C32H38FN3O5S/c1-22-9-16-28(17-10-22)42(39,40)36(29-19-23(2)11-18-30(29)41-4)21-31(37)35(20-25-12-14-26(33)15-13-25)24(3)32(38)34-27-7-5-6-8-27/h9-19,24,27H,5-8,20-21H2,1-4H3,(H,34,38)/t24-/m1/s1. The zero-order chi connectivity index (χ0) is 30.4. The first kappa shape index (κ1) is 31.0. The van der Waals surface area contributed by atoms with E-state index < -0.39 is 34.3 Å². The summed E-state index contributed by atoms with van der Waals surface area (Å²) < 4.78 is 48.4. The van der Waals surface area contributed by atoms with Gasteiger partial charge in [0.25, 0.3) is 10.0 Å². The Morgan fingerprint density at radius 3 is 2.21 bits per heavy atom. The monoisotopic (exact) mass is 595 g/mol. The largest absolute Gasteiger partial charge is 0.495 e. The first-order chi connectivity index (χ1) is 20.0. The maximum Gasteiger partial charge on any atom is 0.264 e. The molecule has 1 atom stereocenters. The molecule has 1 fully saturated rings. The van der Waals surface area contributed by atoms with Crippen molar-refractivity contribution in [1.29, 1.82) is 0 Å². The summed E-state index contributed by atoms with van der Waals surface area (Å²) in [5.74, 6) is -1.06. The van der Waals surface area contributed by atoms with E-state index in [4.69, 9.17) is 4.74 Å². The number of sulfonamides is 1. The Morgan fingerprint density at radius 2 is 1.60 bits per heavy atom. The lowest BCUT2D eigenvalue weighted by Crippen LogP contribution is -2.52. The average Bonchev–Trinajstić information content (AvgIpc) is 3.48. The molecule has 2 amide bonds. The van der Waals surface area contributed by atoms with Gasteiger partial charge in [-0.15, -0.1) is 0 Å². The summed E-state index contributed by atoms with van der Waals surface area (Å²) in [5.41, 5.74) is 2.47. The molecule has 0 aliphatic heterocycles. The number of hydrogen-bond acceptors (Lipinski definition) is 5. The van der Waals surface area contributed by atoms with Crippen LogP contribution in [0.2, 0.25) is 0 Å². The van der Waals surface area contributed by atoms with Crippen molar-refractivity contribution in [3.05, 3.63) is 89.2 Å². The van der Waals surface area contributed by atoms with E-state index >= 15 is 0 Å². The second-order valence-electron chi connectivity index (χ2n) is 10.8. The van der Waals surface area contributed by atoms with E-state index in [0.29, 0.717) is 5.56 Å². The minimum atomic E-state index is -4.24. The van der Waals surface area contributed by atoms with Crippen molar-refractivity contribution in [3.63, 3.8) is 0 Å². The lowest BCUT2D eigenvalue weighted by Gasteiger charge is -2.33. The van der Waals surface area contributed by atoms with Crippen LogP contribution < -0.4 is 14.4 Å². The molecule has 10 heteroatoms. The number of halogens is 1. The lowest BCUT2D eigenvalue weighted by atomic mass is 10.1. The first-order valence-corrected chi connectivity index (χ1v) is 15.5. The molecule has 0 saturated heterocycles. The molecule has 1 N–H and O–H groups in total. The lowest BCUT2D eigenvalue weighted by molar-refractivity contribution is -0.139. The zero-order valence-electron chi connectivity index (χ0n) is 24.5. The molecule has 0 aromatic heterocycles. The molecule has 1 aliphatic carbocycles. The molecule has 42 heavy (non-hydrogen) atoms. The van der Waals surface area contributed by atoms with Crippen molar-refractivity contribution < 1.29 is 27.1 Å². The molecule has 1 saturated carbocycles. The number of rotatable bonds is 11. The Kier molecular flexibility index (Phi) is 9.88. The number of hydrogen-bond donors (Lipinski definition) is 1. The van der Waals surface area contributed by atoms with Gasteiger partial charge in [-0.05, 0) is 81.1 Å². The molecular formula is C32H38FN3O5S. The van der Waals surface area contributed by atoms with E-state index in [9.17, 15) is 22.4 Å². The third kappa shape index (κ3) is 7.28. The molecule has 0 bridgehead atoms. The second-order valence-corrected chi connectivity index (χ2v) is 12.7. The molecule has 0 radical (unpaired) electrons. The number of anilines is 1. The highest BCUT2D eigenvalue weighted by Crippen LogP contribution is 2.34. The topological polar surface area (TPSA) is 96.0 Å². The van der Waals surface area contributed by atoms with Gasteiger partial charge >= 0.3 is 0 Å². The molecule has 4 rings (SSSR count). The minimum absolute atomic E-state index is 0.0122. The third-order valence-corrected chi connectivity index (χ3v) is 9.40. The fraction of sp³-hybridized carbons (Fsp3) is 0.375. The highest BCUT2D eigenvalue weighted by atomic mass is 32.2. The van der Waals surface area contributed by atoms with Gasteiger partial charge in [0.15, 0.2) is 0 Å². The smallest absolute Gasteiger partial charge is 0.264 e. The van der Waals surface area contributed by atoms with E-state index in [1.165, 1.54) is 36.3 Å². The van der Waals surface area contributed by atoms with Gasteiger partial charge in [0.2, 0.25) is 11.8 Å². The third-order valence-electron chi connectivity index (χ3n) is 7.63. The van der Waals surface area contributed by atoms with Crippen LogP contribution in [0, 0.1) is 19.7 Å². The predicted molar refractivity (Wildman–Crippen MR) is 160 cm³/mol. The van der Waals surface area contributed by atoms with E-state index in [0.717, 1.165) is 41.1 Å². The van der Waals surface area contributed by atoms with Crippen LogP contribution in [-0.4, -0.2) is 50.9 Å². The van der Waals surface area contributed by atoms with Crippen LogP contribution in [-0.2, 0) is 26.2 Å². The van der Waals surface area contributed by atoms with Gasteiger partial charge in [-0.2, -0.15) is 0 Å². The molecule has 224 valence electrons. The highest BCUT2D eigenvalue weighted by Gasteiger charge is 2.34. The highest BCUT2D eigenvalue weighted by molar-refractivity contribution is 7.92. The van der Waals surface area contributed by atoms with Gasteiger partial charge in [0.1, 0.15) is 24.2 Å². The Morgan fingerprint density at radius 1 is 0.976 bits per heavy atom. The predicted octanol–water partition coefficient (Wildman–Crippen LogP) is 5.12. The Balaban J connectivity index is 1.73. The molecule has 1 aliphatic rings. The summed E-state index contributed by atoms with van der Waals surface area (Å²) in [6, 6.07) is 16.3. The van der Waals surface area contributed by atoms with Gasteiger partial charge in [-0.1, -0.05) is 48.7 Å². The molecule has 3 aromatic rings. The van der Waals surface area contributed by atoms with E-state index in [-0.39, 0.29) is 34.8 Å². The number of amides is 2. The number of ether oxygens (including phenoxy) is 1. The van der Waals surface area contributed by atoms with Gasteiger partial charge in [0.05, 0.1) is 17.7 Å². The number of nitrogens with one attached hydrogen (secondary N) is 1. The van der Waals surface area contributed by atoms with Gasteiger partial charge < -0.3 is 15.0 Å². The summed E-state index contributed by atoms with van der Waals surface area (Å²) in [7, 11) is -2.80. The number of nitrogens with zero attached hydrogens (tertiary/aromatic N) is 2. The van der Waals surface area contributed by atoms with Gasteiger partial charge in [-0.25, -0.2) is 12.8 Å².